The summed E-state index contributed by atoms with van der Waals surface area (Å²) in [6.45, 7) is 1.89. The first kappa shape index (κ1) is 13.5. The second kappa shape index (κ2) is 5.40. The Bertz CT molecular complexity index is 477. The smallest absolute Gasteiger partial charge is 0.374 e. The fourth-order valence-corrected chi connectivity index (χ4v) is 2.21. The van der Waals surface area contributed by atoms with Crippen LogP contribution in [0.25, 0.3) is 0 Å². The molecule has 0 radical (unpaired) electrons. The van der Waals surface area contributed by atoms with Gasteiger partial charge in [0.2, 0.25) is 5.76 Å². The van der Waals surface area contributed by atoms with E-state index in [1.54, 1.807) is 11.9 Å². The Morgan fingerprint density at radius 3 is 2.63 bits per heavy atom. The van der Waals surface area contributed by atoms with Gasteiger partial charge in [-0.2, -0.15) is 0 Å². The number of rotatable bonds is 3. The maximum atomic E-state index is 12.2. The summed E-state index contributed by atoms with van der Waals surface area (Å²) in [5.41, 5.74) is 0.0406. The Morgan fingerprint density at radius 1 is 1.47 bits per heavy atom. The minimum absolute atomic E-state index is 0.0406. The lowest BCUT2D eigenvalue weighted by molar-refractivity contribution is 0.0632. The molecule has 1 saturated heterocycles. The highest BCUT2D eigenvalue weighted by atomic mass is 16.5. The van der Waals surface area contributed by atoms with E-state index in [9.17, 15) is 9.59 Å². The number of aromatic nitrogens is 1. The average Bonchev–Trinajstić information content (AvgIpc) is 2.87. The molecule has 1 fully saturated rings. The van der Waals surface area contributed by atoms with E-state index in [1.807, 2.05) is 0 Å². The second-order valence-corrected chi connectivity index (χ2v) is 4.83. The van der Waals surface area contributed by atoms with Crippen molar-refractivity contribution >= 4 is 11.9 Å². The van der Waals surface area contributed by atoms with E-state index in [2.05, 4.69) is 21.6 Å². The predicted octanol–water partition coefficient (Wildman–Crippen LogP) is 0.539. The first-order chi connectivity index (χ1) is 8.99. The largest absolute Gasteiger partial charge is 0.475 e. The number of piperidine rings is 1. The lowest BCUT2D eigenvalue weighted by Gasteiger charge is -2.34. The molecule has 1 aliphatic rings. The summed E-state index contributed by atoms with van der Waals surface area (Å²) in [7, 11) is 3.77. The maximum Gasteiger partial charge on any atom is 0.374 e. The number of aromatic carboxylic acids is 1. The minimum Gasteiger partial charge on any atom is -0.475 e. The standard InChI is InChI=1S/C12H17N3O4/c1-14-5-3-8(4-6-14)15(2)11(16)9-7-10(12(17)18)19-13-9/h7-8H,3-6H2,1-2H3,(H,17,18). The molecule has 0 unspecified atom stereocenters. The van der Waals surface area contributed by atoms with Crippen LogP contribution in [-0.4, -0.2) is 65.2 Å². The first-order valence-corrected chi connectivity index (χ1v) is 6.14. The van der Waals surface area contributed by atoms with E-state index >= 15 is 0 Å². The van der Waals surface area contributed by atoms with Gasteiger partial charge in [0.25, 0.3) is 5.91 Å². The van der Waals surface area contributed by atoms with Gasteiger partial charge in [0.05, 0.1) is 0 Å². The van der Waals surface area contributed by atoms with E-state index in [-0.39, 0.29) is 23.4 Å². The highest BCUT2D eigenvalue weighted by molar-refractivity contribution is 5.94. The summed E-state index contributed by atoms with van der Waals surface area (Å²) in [6, 6.07) is 1.32. The molecule has 0 saturated carbocycles. The third kappa shape index (κ3) is 2.93. The molecule has 7 heteroatoms. The van der Waals surface area contributed by atoms with Crippen molar-refractivity contribution in [1.29, 1.82) is 0 Å². The molecule has 104 valence electrons. The zero-order valence-electron chi connectivity index (χ0n) is 11.0. The third-order valence-corrected chi connectivity index (χ3v) is 3.50. The molecule has 0 bridgehead atoms. The molecule has 1 N–H and O–H groups in total. The minimum atomic E-state index is -1.23. The van der Waals surface area contributed by atoms with Crippen LogP contribution < -0.4 is 0 Å². The lowest BCUT2D eigenvalue weighted by Crippen LogP contribution is -2.44. The van der Waals surface area contributed by atoms with Crippen LogP contribution in [0.1, 0.15) is 33.9 Å². The number of likely N-dealkylation sites (tertiary alicyclic amines) is 1. The number of amides is 1. The van der Waals surface area contributed by atoms with Gasteiger partial charge in [-0.3, -0.25) is 4.79 Å². The quantitative estimate of drug-likeness (QED) is 0.860. The summed E-state index contributed by atoms with van der Waals surface area (Å²) in [6.07, 6.45) is 1.81. The molecule has 1 amide bonds. The fraction of sp³-hybridized carbons (Fsp3) is 0.583. The van der Waals surface area contributed by atoms with Gasteiger partial charge in [-0.1, -0.05) is 5.16 Å². The molecule has 0 aliphatic carbocycles. The summed E-state index contributed by atoms with van der Waals surface area (Å²) >= 11 is 0. The Morgan fingerprint density at radius 2 is 2.11 bits per heavy atom. The monoisotopic (exact) mass is 267 g/mol. The van der Waals surface area contributed by atoms with Gasteiger partial charge in [-0.15, -0.1) is 0 Å². The number of carboxylic acids is 1. The predicted molar refractivity (Wildman–Crippen MR) is 66.1 cm³/mol. The molecule has 1 aromatic rings. The maximum absolute atomic E-state index is 12.2. The van der Waals surface area contributed by atoms with Crippen LogP contribution in [0.3, 0.4) is 0 Å². The molecule has 1 aromatic heterocycles. The van der Waals surface area contributed by atoms with Crippen LogP contribution in [0, 0.1) is 0 Å². The summed E-state index contributed by atoms with van der Waals surface area (Å²) < 4.78 is 4.60. The van der Waals surface area contributed by atoms with Crippen LogP contribution >= 0.6 is 0 Å². The van der Waals surface area contributed by atoms with Gasteiger partial charge in [-0.05, 0) is 33.0 Å². The lowest BCUT2D eigenvalue weighted by atomic mass is 10.0. The normalized spacial score (nSPS) is 17.4. The van der Waals surface area contributed by atoms with E-state index in [0.29, 0.717) is 0 Å². The van der Waals surface area contributed by atoms with Crippen molar-refractivity contribution in [2.24, 2.45) is 0 Å². The molecular weight excluding hydrogens is 250 g/mol. The topological polar surface area (TPSA) is 86.9 Å². The molecule has 2 rings (SSSR count). The fourth-order valence-electron chi connectivity index (χ4n) is 2.21. The third-order valence-electron chi connectivity index (χ3n) is 3.50. The van der Waals surface area contributed by atoms with Crippen LogP contribution in [0.15, 0.2) is 10.6 Å². The summed E-state index contributed by atoms with van der Waals surface area (Å²) in [4.78, 5) is 26.7. The number of carbonyl (C=O) groups excluding carboxylic acids is 1. The highest BCUT2D eigenvalue weighted by Crippen LogP contribution is 2.16. The first-order valence-electron chi connectivity index (χ1n) is 6.14. The summed E-state index contributed by atoms with van der Waals surface area (Å²) in [5, 5.41) is 12.2. The molecular formula is C12H17N3O4. The van der Waals surface area contributed by atoms with Gasteiger partial charge in [-0.25, -0.2) is 4.79 Å². The van der Waals surface area contributed by atoms with Gasteiger partial charge < -0.3 is 19.4 Å². The SMILES string of the molecule is CN1CCC(N(C)C(=O)c2cc(C(=O)O)on2)CC1. The molecule has 0 aromatic carbocycles. The average molecular weight is 267 g/mol. The zero-order valence-corrected chi connectivity index (χ0v) is 11.0. The van der Waals surface area contributed by atoms with Crippen molar-refractivity contribution in [1.82, 2.24) is 15.0 Å². The van der Waals surface area contributed by atoms with Crippen LogP contribution in [0.2, 0.25) is 0 Å². The van der Waals surface area contributed by atoms with Crippen molar-refractivity contribution in [3.63, 3.8) is 0 Å². The number of carboxylic acid groups (broad SMARTS) is 1. The molecule has 1 aliphatic heterocycles. The zero-order chi connectivity index (χ0) is 14.0. The van der Waals surface area contributed by atoms with Crippen LogP contribution in [0.4, 0.5) is 0 Å². The Hall–Kier alpha value is -1.89. The number of hydrogen-bond acceptors (Lipinski definition) is 5. The van der Waals surface area contributed by atoms with E-state index in [0.717, 1.165) is 32.0 Å². The van der Waals surface area contributed by atoms with Gasteiger partial charge in [0.15, 0.2) is 5.69 Å². The Labute approximate surface area is 110 Å². The molecule has 0 spiro atoms. The van der Waals surface area contributed by atoms with Crippen LogP contribution in [-0.2, 0) is 0 Å². The van der Waals surface area contributed by atoms with E-state index in [1.165, 1.54) is 0 Å². The van der Waals surface area contributed by atoms with E-state index < -0.39 is 5.97 Å². The van der Waals surface area contributed by atoms with E-state index in [4.69, 9.17) is 5.11 Å². The number of hydrogen-bond donors (Lipinski definition) is 1. The van der Waals surface area contributed by atoms with Crippen molar-refractivity contribution in [3.8, 4) is 0 Å². The van der Waals surface area contributed by atoms with Crippen molar-refractivity contribution < 1.29 is 19.2 Å². The Balaban J connectivity index is 2.03. The van der Waals surface area contributed by atoms with Crippen molar-refractivity contribution in [2.75, 3.05) is 27.2 Å². The molecule has 0 atom stereocenters. The second-order valence-electron chi connectivity index (χ2n) is 4.83. The highest BCUT2D eigenvalue weighted by Gasteiger charge is 2.27. The number of carbonyl (C=O) groups is 2. The van der Waals surface area contributed by atoms with Gasteiger partial charge in [0, 0.05) is 19.2 Å². The van der Waals surface area contributed by atoms with Gasteiger partial charge >= 0.3 is 5.97 Å². The van der Waals surface area contributed by atoms with Crippen molar-refractivity contribution in [2.45, 2.75) is 18.9 Å². The van der Waals surface area contributed by atoms with Crippen LogP contribution in [0.5, 0.6) is 0 Å². The molecule has 2 heterocycles. The summed E-state index contributed by atoms with van der Waals surface area (Å²) in [5.74, 6) is -1.85. The van der Waals surface area contributed by atoms with Crippen molar-refractivity contribution in [3.05, 3.63) is 17.5 Å². The Kier molecular flexibility index (Phi) is 3.84. The number of nitrogens with zero attached hydrogens (tertiary/aromatic N) is 3. The molecule has 7 nitrogen and oxygen atoms in total. The molecule has 19 heavy (non-hydrogen) atoms. The van der Waals surface area contributed by atoms with Gasteiger partial charge in [0.1, 0.15) is 0 Å².